The molecule has 0 aliphatic heterocycles. The molecule has 1 aromatic heterocycles. The van der Waals surface area contributed by atoms with E-state index in [1.54, 1.807) is 0 Å². The van der Waals surface area contributed by atoms with Gasteiger partial charge in [-0.2, -0.15) is 0 Å². The molecule has 0 saturated heterocycles. The minimum Gasteiger partial charge on any atom is -0.326 e. The SMILES string of the molecule is CCC(C)Sc1nc(C)ccc1CN. The number of hydrogen-bond acceptors (Lipinski definition) is 3. The Kier molecular flexibility index (Phi) is 4.42. The predicted octanol–water partition coefficient (Wildman–Crippen LogP) is 2.74. The van der Waals surface area contributed by atoms with Gasteiger partial charge in [0.1, 0.15) is 5.03 Å². The van der Waals surface area contributed by atoms with Gasteiger partial charge in [-0.05, 0) is 25.0 Å². The summed E-state index contributed by atoms with van der Waals surface area (Å²) >= 11 is 1.82. The van der Waals surface area contributed by atoms with Gasteiger partial charge in [0.05, 0.1) is 0 Å². The first-order chi connectivity index (χ1) is 6.67. The van der Waals surface area contributed by atoms with E-state index in [2.05, 4.69) is 24.9 Å². The maximum atomic E-state index is 5.66. The smallest absolute Gasteiger partial charge is 0.101 e. The van der Waals surface area contributed by atoms with Crippen LogP contribution in [0.4, 0.5) is 0 Å². The average molecular weight is 210 g/mol. The van der Waals surface area contributed by atoms with E-state index in [1.807, 2.05) is 24.8 Å². The van der Waals surface area contributed by atoms with E-state index in [-0.39, 0.29) is 0 Å². The number of rotatable bonds is 4. The third kappa shape index (κ3) is 3.00. The van der Waals surface area contributed by atoms with Crippen molar-refractivity contribution in [2.45, 2.75) is 44.0 Å². The maximum Gasteiger partial charge on any atom is 0.101 e. The zero-order valence-electron chi connectivity index (χ0n) is 9.08. The van der Waals surface area contributed by atoms with Gasteiger partial charge in [0, 0.05) is 17.5 Å². The van der Waals surface area contributed by atoms with Gasteiger partial charge in [0.25, 0.3) is 0 Å². The summed E-state index contributed by atoms with van der Waals surface area (Å²) in [6.45, 7) is 7.00. The first kappa shape index (κ1) is 11.5. The highest BCUT2D eigenvalue weighted by molar-refractivity contribution is 7.99. The fraction of sp³-hybridized carbons (Fsp3) is 0.545. The molecule has 2 N–H and O–H groups in total. The van der Waals surface area contributed by atoms with Crippen molar-refractivity contribution in [3.05, 3.63) is 23.4 Å². The number of thioether (sulfide) groups is 1. The van der Waals surface area contributed by atoms with Gasteiger partial charge in [-0.25, -0.2) is 4.98 Å². The molecule has 78 valence electrons. The van der Waals surface area contributed by atoms with Crippen molar-refractivity contribution in [3.63, 3.8) is 0 Å². The van der Waals surface area contributed by atoms with Crippen LogP contribution in [0.5, 0.6) is 0 Å². The zero-order chi connectivity index (χ0) is 10.6. The molecule has 1 unspecified atom stereocenters. The van der Waals surface area contributed by atoms with E-state index >= 15 is 0 Å². The second-order valence-corrected chi connectivity index (χ2v) is 4.88. The van der Waals surface area contributed by atoms with Crippen molar-refractivity contribution in [2.75, 3.05) is 0 Å². The lowest BCUT2D eigenvalue weighted by molar-refractivity contribution is 0.886. The largest absolute Gasteiger partial charge is 0.326 e. The average Bonchev–Trinajstić information content (AvgIpc) is 2.18. The van der Waals surface area contributed by atoms with E-state index in [1.165, 1.54) is 0 Å². The minimum absolute atomic E-state index is 0.575. The molecule has 0 fully saturated rings. The Hall–Kier alpha value is -0.540. The van der Waals surface area contributed by atoms with Crippen molar-refractivity contribution in [2.24, 2.45) is 5.73 Å². The highest BCUT2D eigenvalue weighted by atomic mass is 32.2. The fourth-order valence-corrected chi connectivity index (χ4v) is 2.14. The van der Waals surface area contributed by atoms with Crippen molar-refractivity contribution in [1.82, 2.24) is 4.98 Å². The molecule has 0 aromatic carbocycles. The van der Waals surface area contributed by atoms with Gasteiger partial charge in [-0.15, -0.1) is 11.8 Å². The molecular formula is C11H18N2S. The molecule has 0 aliphatic carbocycles. The molecule has 1 aromatic rings. The molecule has 0 saturated carbocycles. The highest BCUT2D eigenvalue weighted by Crippen LogP contribution is 2.26. The Morgan fingerprint density at radius 2 is 2.21 bits per heavy atom. The van der Waals surface area contributed by atoms with E-state index in [4.69, 9.17) is 5.73 Å². The van der Waals surface area contributed by atoms with Crippen LogP contribution in [0.15, 0.2) is 17.2 Å². The van der Waals surface area contributed by atoms with Crippen LogP contribution in [-0.2, 0) is 6.54 Å². The number of nitrogens with two attached hydrogens (primary N) is 1. The van der Waals surface area contributed by atoms with Gasteiger partial charge in [0.15, 0.2) is 0 Å². The topological polar surface area (TPSA) is 38.9 Å². The number of hydrogen-bond donors (Lipinski definition) is 1. The summed E-state index contributed by atoms with van der Waals surface area (Å²) in [6, 6.07) is 4.09. The first-order valence-corrected chi connectivity index (χ1v) is 5.88. The van der Waals surface area contributed by atoms with E-state index in [0.717, 1.165) is 22.7 Å². The zero-order valence-corrected chi connectivity index (χ0v) is 9.90. The van der Waals surface area contributed by atoms with Gasteiger partial charge >= 0.3 is 0 Å². The highest BCUT2D eigenvalue weighted by Gasteiger charge is 2.07. The van der Waals surface area contributed by atoms with Crippen molar-refractivity contribution in [3.8, 4) is 0 Å². The fourth-order valence-electron chi connectivity index (χ4n) is 1.09. The standard InChI is InChI=1S/C11H18N2S/c1-4-9(3)14-11-10(7-12)6-5-8(2)13-11/h5-6,9H,4,7,12H2,1-3H3. The van der Waals surface area contributed by atoms with E-state index in [9.17, 15) is 0 Å². The predicted molar refractivity (Wildman–Crippen MR) is 62.5 cm³/mol. The van der Waals surface area contributed by atoms with Gasteiger partial charge < -0.3 is 5.73 Å². The summed E-state index contributed by atoms with van der Waals surface area (Å²) in [6.07, 6.45) is 1.16. The molecule has 1 heterocycles. The summed E-state index contributed by atoms with van der Waals surface area (Å²) < 4.78 is 0. The van der Waals surface area contributed by atoms with Crippen LogP contribution in [0.1, 0.15) is 31.5 Å². The second-order valence-electron chi connectivity index (χ2n) is 3.46. The van der Waals surface area contributed by atoms with Crippen molar-refractivity contribution in [1.29, 1.82) is 0 Å². The molecule has 1 rings (SSSR count). The van der Waals surface area contributed by atoms with Gasteiger partial charge in [0.2, 0.25) is 0 Å². The van der Waals surface area contributed by atoms with Crippen LogP contribution in [-0.4, -0.2) is 10.2 Å². The molecule has 14 heavy (non-hydrogen) atoms. The Labute approximate surface area is 90.3 Å². The lowest BCUT2D eigenvalue weighted by Crippen LogP contribution is -2.03. The molecule has 0 bridgehead atoms. The monoisotopic (exact) mass is 210 g/mol. The molecular weight excluding hydrogens is 192 g/mol. The van der Waals surface area contributed by atoms with Crippen LogP contribution >= 0.6 is 11.8 Å². The van der Waals surface area contributed by atoms with Crippen LogP contribution in [0, 0.1) is 6.92 Å². The van der Waals surface area contributed by atoms with Gasteiger partial charge in [-0.3, -0.25) is 0 Å². The third-order valence-electron chi connectivity index (χ3n) is 2.19. The second kappa shape index (κ2) is 5.37. The molecule has 3 heteroatoms. The Balaban J connectivity index is 2.87. The Morgan fingerprint density at radius 3 is 2.79 bits per heavy atom. The summed E-state index contributed by atoms with van der Waals surface area (Å²) in [5, 5.41) is 1.71. The first-order valence-electron chi connectivity index (χ1n) is 5.00. The van der Waals surface area contributed by atoms with Gasteiger partial charge in [-0.1, -0.05) is 19.9 Å². The van der Waals surface area contributed by atoms with Crippen LogP contribution in [0.25, 0.3) is 0 Å². The number of pyridine rings is 1. The molecule has 0 radical (unpaired) electrons. The quantitative estimate of drug-likeness (QED) is 0.777. The molecule has 0 amide bonds. The minimum atomic E-state index is 0.575. The van der Waals surface area contributed by atoms with Crippen LogP contribution in [0.2, 0.25) is 0 Å². The summed E-state index contributed by atoms with van der Waals surface area (Å²) in [4.78, 5) is 4.51. The molecule has 0 aliphatic rings. The summed E-state index contributed by atoms with van der Waals surface area (Å²) in [5.41, 5.74) is 7.88. The van der Waals surface area contributed by atoms with Crippen LogP contribution < -0.4 is 5.73 Å². The molecule has 1 atom stereocenters. The lowest BCUT2D eigenvalue weighted by atomic mass is 10.2. The number of aromatic nitrogens is 1. The molecule has 0 spiro atoms. The van der Waals surface area contributed by atoms with Crippen molar-refractivity contribution < 1.29 is 0 Å². The summed E-state index contributed by atoms with van der Waals surface area (Å²) in [7, 11) is 0. The van der Waals surface area contributed by atoms with Crippen molar-refractivity contribution >= 4 is 11.8 Å². The number of aryl methyl sites for hydroxylation is 1. The Morgan fingerprint density at radius 1 is 1.50 bits per heavy atom. The van der Waals surface area contributed by atoms with Crippen LogP contribution in [0.3, 0.4) is 0 Å². The maximum absolute atomic E-state index is 5.66. The summed E-state index contributed by atoms with van der Waals surface area (Å²) in [5.74, 6) is 0. The third-order valence-corrected chi connectivity index (χ3v) is 3.50. The molecule has 2 nitrogen and oxygen atoms in total. The Bertz CT molecular complexity index is 299. The normalized spacial score (nSPS) is 12.9. The van der Waals surface area contributed by atoms with E-state index < -0.39 is 0 Å². The number of nitrogens with zero attached hydrogens (tertiary/aromatic N) is 1. The lowest BCUT2D eigenvalue weighted by Gasteiger charge is -2.11. The van der Waals surface area contributed by atoms with E-state index in [0.29, 0.717) is 11.8 Å².